The quantitative estimate of drug-likeness (QED) is 0.502. The molecule has 1 aromatic heterocycles. The first-order valence-electron chi connectivity index (χ1n) is 9.17. The van der Waals surface area contributed by atoms with Gasteiger partial charge in [0.1, 0.15) is 17.1 Å². The van der Waals surface area contributed by atoms with E-state index in [1.807, 2.05) is 32.3 Å². The number of ketones is 1. The first kappa shape index (κ1) is 20.2. The number of Topliss-reactive ketones (excluding diaryl/α,β-unsaturated/α-hetero) is 1. The average Bonchev–Trinajstić information content (AvgIpc) is 2.93. The molecule has 0 unspecified atom stereocenters. The fourth-order valence-corrected chi connectivity index (χ4v) is 3.50. The summed E-state index contributed by atoms with van der Waals surface area (Å²) in [4.78, 5) is 24.8. The lowest BCUT2D eigenvalue weighted by Crippen LogP contribution is -2.15. The van der Waals surface area contributed by atoms with Crippen LogP contribution < -0.4 is 0 Å². The number of aromatic hydroxyl groups is 2. The minimum Gasteiger partial charge on any atom is -0.508 e. The number of hydrogen-bond acceptors (Lipinski definition) is 5. The summed E-state index contributed by atoms with van der Waals surface area (Å²) in [7, 11) is 0. The van der Waals surface area contributed by atoms with E-state index in [2.05, 4.69) is 18.2 Å². The first-order chi connectivity index (χ1) is 13.7. The number of aromatic nitrogens is 1. The normalized spacial score (nSPS) is 10.8. The molecule has 29 heavy (non-hydrogen) atoms. The van der Waals surface area contributed by atoms with Gasteiger partial charge in [0.2, 0.25) is 5.78 Å². The molecule has 2 aromatic carbocycles. The molecule has 6 nitrogen and oxygen atoms in total. The molecule has 3 aromatic rings. The van der Waals surface area contributed by atoms with E-state index in [0.29, 0.717) is 5.56 Å². The SMILES string of the molecule is Cc1cc(C)cc(-n2c(C)cc(C(=O)COC(=O)c3ccc(O)cc3O)c2C)c1. The summed E-state index contributed by atoms with van der Waals surface area (Å²) in [5.41, 5.74) is 5.26. The molecule has 150 valence electrons. The number of rotatable bonds is 5. The third-order valence-electron chi connectivity index (χ3n) is 4.73. The third-order valence-corrected chi connectivity index (χ3v) is 4.73. The van der Waals surface area contributed by atoms with Gasteiger partial charge in [0.05, 0.1) is 0 Å². The molecule has 3 rings (SSSR count). The van der Waals surface area contributed by atoms with Crippen LogP contribution in [0.1, 0.15) is 43.2 Å². The molecule has 0 fully saturated rings. The highest BCUT2D eigenvalue weighted by atomic mass is 16.5. The van der Waals surface area contributed by atoms with E-state index >= 15 is 0 Å². The Kier molecular flexibility index (Phi) is 5.46. The summed E-state index contributed by atoms with van der Waals surface area (Å²) < 4.78 is 7.07. The number of phenolic OH excluding ortho intramolecular Hbond substituents is 2. The standard InChI is InChI=1S/C23H23NO5/c1-13-7-14(2)9-17(8-13)24-15(3)10-20(16(24)4)22(27)12-29-23(28)19-6-5-18(25)11-21(19)26/h5-11,25-26H,12H2,1-4H3. The Morgan fingerprint density at radius 2 is 1.55 bits per heavy atom. The molecule has 0 aliphatic carbocycles. The highest BCUT2D eigenvalue weighted by Crippen LogP contribution is 2.25. The summed E-state index contributed by atoms with van der Waals surface area (Å²) in [6, 6.07) is 11.5. The Morgan fingerprint density at radius 1 is 0.897 bits per heavy atom. The fraction of sp³-hybridized carbons (Fsp3) is 0.217. The molecule has 0 amide bonds. The zero-order chi connectivity index (χ0) is 21.3. The number of benzene rings is 2. The largest absolute Gasteiger partial charge is 0.508 e. The summed E-state index contributed by atoms with van der Waals surface area (Å²) in [6.45, 7) is 7.37. The molecule has 0 spiro atoms. The highest BCUT2D eigenvalue weighted by Gasteiger charge is 2.20. The molecule has 0 aliphatic rings. The molecule has 0 saturated carbocycles. The van der Waals surface area contributed by atoms with Gasteiger partial charge < -0.3 is 19.5 Å². The van der Waals surface area contributed by atoms with Crippen molar-refractivity contribution in [2.45, 2.75) is 27.7 Å². The van der Waals surface area contributed by atoms with Crippen molar-refractivity contribution in [3.8, 4) is 17.2 Å². The second-order valence-electron chi connectivity index (χ2n) is 7.17. The van der Waals surface area contributed by atoms with Crippen LogP contribution >= 0.6 is 0 Å². The van der Waals surface area contributed by atoms with Crippen molar-refractivity contribution < 1.29 is 24.5 Å². The maximum absolute atomic E-state index is 12.7. The first-order valence-corrected chi connectivity index (χ1v) is 9.17. The average molecular weight is 393 g/mol. The number of aryl methyl sites for hydroxylation is 3. The molecule has 2 N–H and O–H groups in total. The number of carbonyl (C=O) groups excluding carboxylic acids is 2. The predicted molar refractivity (Wildman–Crippen MR) is 109 cm³/mol. The number of hydrogen-bond donors (Lipinski definition) is 2. The Morgan fingerprint density at radius 3 is 2.17 bits per heavy atom. The van der Waals surface area contributed by atoms with Crippen molar-refractivity contribution in [1.29, 1.82) is 0 Å². The van der Waals surface area contributed by atoms with E-state index in [-0.39, 0.29) is 17.1 Å². The van der Waals surface area contributed by atoms with E-state index in [0.717, 1.165) is 34.3 Å². The van der Waals surface area contributed by atoms with Gasteiger partial charge in [0.15, 0.2) is 6.61 Å². The van der Waals surface area contributed by atoms with Gasteiger partial charge in [-0.1, -0.05) is 6.07 Å². The lowest BCUT2D eigenvalue weighted by atomic mass is 10.1. The minimum atomic E-state index is -0.834. The summed E-state index contributed by atoms with van der Waals surface area (Å²) in [6.07, 6.45) is 0. The van der Waals surface area contributed by atoms with Crippen molar-refractivity contribution in [2.24, 2.45) is 0 Å². The molecule has 1 heterocycles. The number of ether oxygens (including phenoxy) is 1. The molecule has 0 atom stereocenters. The Hall–Kier alpha value is -3.54. The van der Waals surface area contributed by atoms with Crippen LogP contribution in [0.15, 0.2) is 42.5 Å². The van der Waals surface area contributed by atoms with E-state index in [9.17, 15) is 19.8 Å². The van der Waals surface area contributed by atoms with Crippen LogP contribution in [0, 0.1) is 27.7 Å². The van der Waals surface area contributed by atoms with E-state index in [1.165, 1.54) is 12.1 Å². The Bertz CT molecular complexity index is 1090. The second-order valence-corrected chi connectivity index (χ2v) is 7.17. The second kappa shape index (κ2) is 7.83. The minimum absolute atomic E-state index is 0.115. The number of nitrogens with zero attached hydrogens (tertiary/aromatic N) is 1. The van der Waals surface area contributed by atoms with Gasteiger partial charge in [0.25, 0.3) is 0 Å². The van der Waals surface area contributed by atoms with E-state index in [1.54, 1.807) is 6.07 Å². The van der Waals surface area contributed by atoms with E-state index in [4.69, 9.17) is 4.74 Å². The van der Waals surface area contributed by atoms with Gasteiger partial charge in [-0.2, -0.15) is 0 Å². The van der Waals surface area contributed by atoms with Crippen molar-refractivity contribution >= 4 is 11.8 Å². The highest BCUT2D eigenvalue weighted by molar-refractivity contribution is 6.01. The Balaban J connectivity index is 1.81. The number of esters is 1. The zero-order valence-corrected chi connectivity index (χ0v) is 16.8. The topological polar surface area (TPSA) is 88.8 Å². The van der Waals surface area contributed by atoms with Gasteiger partial charge in [0, 0.05) is 28.7 Å². The van der Waals surface area contributed by atoms with Crippen molar-refractivity contribution in [3.63, 3.8) is 0 Å². The van der Waals surface area contributed by atoms with Crippen LogP contribution in [0.3, 0.4) is 0 Å². The third kappa shape index (κ3) is 4.16. The molecule has 0 bridgehead atoms. The summed E-state index contributed by atoms with van der Waals surface area (Å²) in [5, 5.41) is 19.1. The molecular formula is C23H23NO5. The van der Waals surface area contributed by atoms with Crippen molar-refractivity contribution in [2.75, 3.05) is 6.61 Å². The van der Waals surface area contributed by atoms with Gasteiger partial charge in [-0.05, 0) is 69.2 Å². The fourth-order valence-electron chi connectivity index (χ4n) is 3.50. The lowest BCUT2D eigenvalue weighted by Gasteiger charge is -2.12. The summed E-state index contributed by atoms with van der Waals surface area (Å²) >= 11 is 0. The molecule has 0 aliphatic heterocycles. The number of phenols is 2. The molecule has 0 saturated heterocycles. The van der Waals surface area contributed by atoms with Gasteiger partial charge in [-0.15, -0.1) is 0 Å². The van der Waals surface area contributed by atoms with Gasteiger partial charge in [-0.25, -0.2) is 4.79 Å². The van der Waals surface area contributed by atoms with E-state index < -0.39 is 18.3 Å². The molecule has 0 radical (unpaired) electrons. The van der Waals surface area contributed by atoms with Gasteiger partial charge >= 0.3 is 5.97 Å². The smallest absolute Gasteiger partial charge is 0.342 e. The number of carbonyl (C=O) groups is 2. The van der Waals surface area contributed by atoms with Crippen LogP contribution in [-0.2, 0) is 4.74 Å². The monoisotopic (exact) mass is 393 g/mol. The van der Waals surface area contributed by atoms with Gasteiger partial charge in [-0.3, -0.25) is 4.79 Å². The van der Waals surface area contributed by atoms with Crippen LogP contribution in [0.5, 0.6) is 11.5 Å². The van der Waals surface area contributed by atoms with Crippen LogP contribution in [0.25, 0.3) is 5.69 Å². The van der Waals surface area contributed by atoms with Crippen LogP contribution in [0.4, 0.5) is 0 Å². The van der Waals surface area contributed by atoms with Crippen molar-refractivity contribution in [3.05, 3.63) is 76.1 Å². The van der Waals surface area contributed by atoms with Crippen LogP contribution in [0.2, 0.25) is 0 Å². The lowest BCUT2D eigenvalue weighted by molar-refractivity contribution is 0.0471. The zero-order valence-electron chi connectivity index (χ0n) is 16.8. The van der Waals surface area contributed by atoms with Crippen LogP contribution in [-0.4, -0.2) is 33.1 Å². The summed E-state index contributed by atoms with van der Waals surface area (Å²) in [5.74, 6) is -1.75. The molecular weight excluding hydrogens is 370 g/mol. The maximum atomic E-state index is 12.7. The molecule has 6 heteroatoms. The Labute approximate surface area is 169 Å². The maximum Gasteiger partial charge on any atom is 0.342 e. The van der Waals surface area contributed by atoms with Crippen molar-refractivity contribution in [1.82, 2.24) is 4.57 Å². The predicted octanol–water partition coefficient (Wildman–Crippen LogP) is 4.16.